The molecule has 1 amide bonds. The van der Waals surface area contributed by atoms with E-state index in [1.807, 2.05) is 6.07 Å². The summed E-state index contributed by atoms with van der Waals surface area (Å²) < 4.78 is 0. The van der Waals surface area contributed by atoms with Crippen LogP contribution in [0.1, 0.15) is 15.9 Å². The number of hydrogen-bond donors (Lipinski definition) is 0. The summed E-state index contributed by atoms with van der Waals surface area (Å²) in [4.78, 5) is 26.9. The number of isocyanates is 1. The zero-order valence-electron chi connectivity index (χ0n) is 7.65. The molecule has 0 spiro atoms. The second kappa shape index (κ2) is 3.09. The Morgan fingerprint density at radius 3 is 3.00 bits per heavy atom. The van der Waals surface area contributed by atoms with E-state index < -0.39 is 0 Å². The van der Waals surface area contributed by atoms with Gasteiger partial charge in [0.2, 0.25) is 6.08 Å². The lowest BCUT2D eigenvalue weighted by molar-refractivity contribution is 0.0817. The molecule has 1 aliphatic heterocycles. The molecule has 1 heterocycles. The number of hydrogen-bond acceptors (Lipinski definition) is 3. The van der Waals surface area contributed by atoms with Crippen LogP contribution in [0.5, 0.6) is 0 Å². The maximum absolute atomic E-state index is 11.6. The molecule has 0 aliphatic carbocycles. The Morgan fingerprint density at radius 2 is 2.29 bits per heavy atom. The van der Waals surface area contributed by atoms with Crippen molar-refractivity contribution in [3.63, 3.8) is 0 Å². The number of amides is 1. The number of rotatable bonds is 1. The minimum absolute atomic E-state index is 0.0883. The summed E-state index contributed by atoms with van der Waals surface area (Å²) >= 11 is 0. The van der Waals surface area contributed by atoms with E-state index in [1.165, 1.54) is 6.08 Å². The molecular formula is C10H8N2O2. The van der Waals surface area contributed by atoms with E-state index in [1.54, 1.807) is 24.1 Å². The smallest absolute Gasteiger partial charge is 0.256 e. The van der Waals surface area contributed by atoms with Gasteiger partial charge in [0.25, 0.3) is 5.91 Å². The molecule has 4 heteroatoms. The summed E-state index contributed by atoms with van der Waals surface area (Å²) in [5, 5.41) is 0. The molecule has 2 rings (SSSR count). The van der Waals surface area contributed by atoms with Gasteiger partial charge in [-0.15, -0.1) is 0 Å². The summed E-state index contributed by atoms with van der Waals surface area (Å²) in [7, 11) is 1.72. The van der Waals surface area contributed by atoms with Crippen molar-refractivity contribution < 1.29 is 9.59 Å². The molecular weight excluding hydrogens is 180 g/mol. The van der Waals surface area contributed by atoms with Crippen molar-refractivity contribution in [2.45, 2.75) is 6.54 Å². The monoisotopic (exact) mass is 188 g/mol. The van der Waals surface area contributed by atoms with Gasteiger partial charge in [0.15, 0.2) is 0 Å². The maximum atomic E-state index is 11.6. The third kappa shape index (κ3) is 1.13. The summed E-state index contributed by atoms with van der Waals surface area (Å²) in [5.74, 6) is -0.0883. The van der Waals surface area contributed by atoms with Crippen LogP contribution in [0, 0.1) is 0 Å². The van der Waals surface area contributed by atoms with Crippen molar-refractivity contribution in [2.24, 2.45) is 4.99 Å². The van der Waals surface area contributed by atoms with Crippen LogP contribution in [0.3, 0.4) is 0 Å². The first-order valence-electron chi connectivity index (χ1n) is 4.19. The Bertz CT molecular complexity index is 447. The summed E-state index contributed by atoms with van der Waals surface area (Å²) in [6.07, 6.45) is 1.45. The van der Waals surface area contributed by atoms with Crippen LogP contribution in [0.4, 0.5) is 5.69 Å². The molecule has 0 atom stereocenters. The Morgan fingerprint density at radius 1 is 1.50 bits per heavy atom. The number of carbonyl (C=O) groups is 1. The molecule has 0 saturated carbocycles. The quantitative estimate of drug-likeness (QED) is 0.491. The molecule has 0 bridgehead atoms. The van der Waals surface area contributed by atoms with Gasteiger partial charge >= 0.3 is 0 Å². The van der Waals surface area contributed by atoms with Crippen LogP contribution in [-0.2, 0) is 11.3 Å². The number of fused-ring (bicyclic) bond motifs is 1. The van der Waals surface area contributed by atoms with Crippen molar-refractivity contribution in [1.29, 1.82) is 0 Å². The Hall–Kier alpha value is -1.93. The van der Waals surface area contributed by atoms with Crippen LogP contribution in [0.15, 0.2) is 23.2 Å². The normalized spacial score (nSPS) is 13.8. The number of nitrogens with zero attached hydrogens (tertiary/aromatic N) is 2. The molecule has 0 fully saturated rings. The van der Waals surface area contributed by atoms with Crippen LogP contribution >= 0.6 is 0 Å². The average molecular weight is 188 g/mol. The van der Waals surface area contributed by atoms with Crippen LogP contribution in [0.25, 0.3) is 0 Å². The number of benzene rings is 1. The van der Waals surface area contributed by atoms with E-state index in [4.69, 9.17) is 0 Å². The number of aliphatic imine (C=N–C) groups is 1. The predicted octanol–water partition coefficient (Wildman–Crippen LogP) is 1.24. The molecule has 4 nitrogen and oxygen atoms in total. The summed E-state index contributed by atoms with van der Waals surface area (Å²) in [6, 6.07) is 5.28. The van der Waals surface area contributed by atoms with E-state index in [9.17, 15) is 9.59 Å². The van der Waals surface area contributed by atoms with Gasteiger partial charge in [-0.2, -0.15) is 4.99 Å². The average Bonchev–Trinajstić information content (AvgIpc) is 2.45. The first-order chi connectivity index (χ1) is 6.74. The third-order valence-electron chi connectivity index (χ3n) is 2.26. The van der Waals surface area contributed by atoms with E-state index >= 15 is 0 Å². The lowest BCUT2D eigenvalue weighted by Crippen LogP contribution is -2.17. The highest BCUT2D eigenvalue weighted by Crippen LogP contribution is 2.29. The fraction of sp³-hybridized carbons (Fsp3) is 0.200. The molecule has 0 N–H and O–H groups in total. The van der Waals surface area contributed by atoms with Gasteiger partial charge in [0.05, 0.1) is 11.3 Å². The summed E-state index contributed by atoms with van der Waals surface area (Å²) in [5.41, 5.74) is 1.85. The fourth-order valence-corrected chi connectivity index (χ4v) is 1.63. The zero-order chi connectivity index (χ0) is 10.1. The minimum atomic E-state index is -0.0883. The molecule has 0 aromatic heterocycles. The van der Waals surface area contributed by atoms with Crippen molar-refractivity contribution in [1.82, 2.24) is 4.90 Å². The van der Waals surface area contributed by atoms with Gasteiger partial charge in [-0.3, -0.25) is 4.79 Å². The number of carbonyl (C=O) groups excluding carboxylic acids is 2. The van der Waals surface area contributed by atoms with E-state index in [-0.39, 0.29) is 5.91 Å². The van der Waals surface area contributed by atoms with Crippen molar-refractivity contribution in [2.75, 3.05) is 7.05 Å². The van der Waals surface area contributed by atoms with Crippen molar-refractivity contribution >= 4 is 17.7 Å². The van der Waals surface area contributed by atoms with Crippen LogP contribution in [-0.4, -0.2) is 23.9 Å². The molecule has 1 aromatic carbocycles. The highest BCUT2D eigenvalue weighted by Gasteiger charge is 2.26. The van der Waals surface area contributed by atoms with Gasteiger partial charge in [-0.25, -0.2) is 4.79 Å². The van der Waals surface area contributed by atoms with Gasteiger partial charge in [0.1, 0.15) is 0 Å². The third-order valence-corrected chi connectivity index (χ3v) is 2.26. The van der Waals surface area contributed by atoms with E-state index in [0.717, 1.165) is 5.56 Å². The first kappa shape index (κ1) is 8.66. The molecule has 14 heavy (non-hydrogen) atoms. The lowest BCUT2D eigenvalue weighted by Gasteiger charge is -2.04. The van der Waals surface area contributed by atoms with Crippen LogP contribution in [0.2, 0.25) is 0 Å². The molecule has 0 radical (unpaired) electrons. The van der Waals surface area contributed by atoms with Crippen LogP contribution < -0.4 is 0 Å². The Labute approximate surface area is 80.9 Å². The zero-order valence-corrected chi connectivity index (χ0v) is 7.65. The topological polar surface area (TPSA) is 49.7 Å². The van der Waals surface area contributed by atoms with Crippen molar-refractivity contribution in [3.8, 4) is 0 Å². The molecule has 1 aromatic rings. The van der Waals surface area contributed by atoms with Gasteiger partial charge in [-0.1, -0.05) is 12.1 Å². The van der Waals surface area contributed by atoms with Crippen molar-refractivity contribution in [3.05, 3.63) is 29.3 Å². The molecule has 70 valence electrons. The molecule has 0 unspecified atom stereocenters. The maximum Gasteiger partial charge on any atom is 0.256 e. The van der Waals surface area contributed by atoms with Gasteiger partial charge in [-0.05, 0) is 11.6 Å². The highest BCUT2D eigenvalue weighted by atomic mass is 16.2. The summed E-state index contributed by atoms with van der Waals surface area (Å²) in [6.45, 7) is 0.580. The highest BCUT2D eigenvalue weighted by molar-refractivity contribution is 6.02. The van der Waals surface area contributed by atoms with Gasteiger partial charge in [0, 0.05) is 13.6 Å². The Balaban J connectivity index is 2.63. The Kier molecular flexibility index (Phi) is 1.91. The standard InChI is InChI=1S/C10H8N2O2/c1-12-5-7-3-2-4-8(11-6-13)9(7)10(12)14/h2-4H,5H2,1H3. The fourth-order valence-electron chi connectivity index (χ4n) is 1.63. The molecule has 1 aliphatic rings. The SMILES string of the molecule is CN1Cc2cccc(N=C=O)c2C1=O. The lowest BCUT2D eigenvalue weighted by atomic mass is 10.1. The first-order valence-corrected chi connectivity index (χ1v) is 4.19. The minimum Gasteiger partial charge on any atom is -0.337 e. The van der Waals surface area contributed by atoms with Gasteiger partial charge < -0.3 is 4.90 Å². The largest absolute Gasteiger partial charge is 0.337 e. The second-order valence-corrected chi connectivity index (χ2v) is 3.18. The van der Waals surface area contributed by atoms with E-state index in [0.29, 0.717) is 17.8 Å². The second-order valence-electron chi connectivity index (χ2n) is 3.18. The van der Waals surface area contributed by atoms with E-state index in [2.05, 4.69) is 4.99 Å². The predicted molar refractivity (Wildman–Crippen MR) is 50.0 cm³/mol. The molecule has 0 saturated heterocycles.